The van der Waals surface area contributed by atoms with Crippen molar-refractivity contribution in [1.29, 1.82) is 0 Å². The van der Waals surface area contributed by atoms with Crippen LogP contribution in [0.5, 0.6) is 0 Å². The topological polar surface area (TPSA) is 15.8 Å². The molecule has 4 rings (SSSR count). The first-order valence-corrected chi connectivity index (χ1v) is 9.15. The van der Waals surface area contributed by atoms with Crippen molar-refractivity contribution in [3.63, 3.8) is 0 Å². The number of thioether (sulfide) groups is 2. The maximum Gasteiger partial charge on any atom is 0.0776 e. The van der Waals surface area contributed by atoms with Crippen molar-refractivity contribution < 1.29 is 0 Å². The number of rotatable bonds is 2. The van der Waals surface area contributed by atoms with Crippen LogP contribution in [-0.2, 0) is 0 Å². The largest absolute Gasteiger partial charge is 0.349 e. The molecule has 2 heterocycles. The van der Waals surface area contributed by atoms with Crippen molar-refractivity contribution in [3.8, 4) is 0 Å². The third-order valence-electron chi connectivity index (χ3n) is 4.02. The fraction of sp³-hybridized carbons (Fsp3) is 0.222. The molecule has 1 aliphatic heterocycles. The molecule has 1 aliphatic rings. The van der Waals surface area contributed by atoms with Gasteiger partial charge in [0.2, 0.25) is 0 Å². The van der Waals surface area contributed by atoms with E-state index in [1.807, 2.05) is 23.5 Å². The van der Waals surface area contributed by atoms with Gasteiger partial charge in [-0.2, -0.15) is 0 Å². The average Bonchev–Trinajstić information content (AvgIpc) is 2.90. The van der Waals surface area contributed by atoms with Crippen LogP contribution in [0.4, 0.5) is 0 Å². The fourth-order valence-electron chi connectivity index (χ4n) is 2.99. The Morgan fingerprint density at radius 3 is 2.81 bits per heavy atom. The van der Waals surface area contributed by atoms with Gasteiger partial charge in [0, 0.05) is 32.4 Å². The number of nitrogens with one attached hydrogen (secondary N) is 1. The van der Waals surface area contributed by atoms with Crippen LogP contribution in [0.2, 0.25) is 0 Å². The molecule has 1 aromatic heterocycles. The Labute approximate surface area is 133 Å². The SMILES string of the molecule is Cc1cccc2c3c([nH]c12)SCCC3Sc1ccccc1. The standard InChI is InChI=1S/C18H17NS2/c1-12-6-5-9-14-16-15(21-13-7-3-2-4-8-13)10-11-20-18(16)19-17(12)14/h2-9,15,19H,10-11H2,1H3. The van der Waals surface area contributed by atoms with E-state index in [4.69, 9.17) is 0 Å². The van der Waals surface area contributed by atoms with Gasteiger partial charge in [0.15, 0.2) is 0 Å². The highest BCUT2D eigenvalue weighted by atomic mass is 32.2. The van der Waals surface area contributed by atoms with E-state index in [1.54, 1.807) is 0 Å². The van der Waals surface area contributed by atoms with Gasteiger partial charge in [-0.15, -0.1) is 23.5 Å². The number of aryl methyl sites for hydroxylation is 1. The van der Waals surface area contributed by atoms with Gasteiger partial charge < -0.3 is 4.98 Å². The minimum Gasteiger partial charge on any atom is -0.349 e. The molecular formula is C18H17NS2. The molecule has 3 heteroatoms. The van der Waals surface area contributed by atoms with E-state index >= 15 is 0 Å². The second-order valence-electron chi connectivity index (χ2n) is 5.42. The lowest BCUT2D eigenvalue weighted by Crippen LogP contribution is -2.02. The monoisotopic (exact) mass is 311 g/mol. The molecule has 0 radical (unpaired) electrons. The predicted octanol–water partition coefficient (Wildman–Crippen LogP) is 5.81. The van der Waals surface area contributed by atoms with E-state index < -0.39 is 0 Å². The summed E-state index contributed by atoms with van der Waals surface area (Å²) in [4.78, 5) is 5.01. The normalized spacial score (nSPS) is 17.9. The Morgan fingerprint density at radius 1 is 1.10 bits per heavy atom. The second-order valence-corrected chi connectivity index (χ2v) is 7.80. The van der Waals surface area contributed by atoms with Crippen LogP contribution >= 0.6 is 23.5 Å². The lowest BCUT2D eigenvalue weighted by atomic mass is 10.1. The number of para-hydroxylation sites is 1. The quantitative estimate of drug-likeness (QED) is 0.643. The Hall–Kier alpha value is -1.32. The highest BCUT2D eigenvalue weighted by Crippen LogP contribution is 2.49. The fourth-order valence-corrected chi connectivity index (χ4v) is 5.59. The molecule has 2 aromatic carbocycles. The Bertz CT molecular complexity index is 777. The van der Waals surface area contributed by atoms with Crippen LogP contribution in [0, 0.1) is 6.92 Å². The lowest BCUT2D eigenvalue weighted by Gasteiger charge is -2.22. The van der Waals surface area contributed by atoms with E-state index in [2.05, 4.69) is 60.4 Å². The maximum atomic E-state index is 3.65. The minimum absolute atomic E-state index is 0.555. The van der Waals surface area contributed by atoms with Gasteiger partial charge >= 0.3 is 0 Å². The summed E-state index contributed by atoms with van der Waals surface area (Å²) in [5, 5.41) is 3.34. The molecular weight excluding hydrogens is 294 g/mol. The van der Waals surface area contributed by atoms with E-state index in [9.17, 15) is 0 Å². The molecule has 0 aliphatic carbocycles. The van der Waals surface area contributed by atoms with E-state index in [-0.39, 0.29) is 0 Å². The van der Waals surface area contributed by atoms with Gasteiger partial charge in [-0.1, -0.05) is 36.4 Å². The molecule has 1 atom stereocenters. The summed E-state index contributed by atoms with van der Waals surface area (Å²) in [6.45, 7) is 2.19. The van der Waals surface area contributed by atoms with Crippen molar-refractivity contribution in [2.45, 2.75) is 28.5 Å². The van der Waals surface area contributed by atoms with Crippen LogP contribution < -0.4 is 0 Å². The van der Waals surface area contributed by atoms with Gasteiger partial charge in [-0.3, -0.25) is 0 Å². The molecule has 1 unspecified atom stereocenters. The van der Waals surface area contributed by atoms with E-state index in [1.165, 1.54) is 44.1 Å². The van der Waals surface area contributed by atoms with Crippen LogP contribution in [0.3, 0.4) is 0 Å². The number of H-pyrrole nitrogens is 1. The molecule has 0 fully saturated rings. The lowest BCUT2D eigenvalue weighted by molar-refractivity contribution is 0.863. The van der Waals surface area contributed by atoms with Crippen molar-refractivity contribution in [1.82, 2.24) is 4.98 Å². The predicted molar refractivity (Wildman–Crippen MR) is 93.4 cm³/mol. The molecule has 0 spiro atoms. The van der Waals surface area contributed by atoms with E-state index in [0.29, 0.717) is 5.25 Å². The number of aromatic nitrogens is 1. The summed E-state index contributed by atoms with van der Waals surface area (Å²) in [6, 6.07) is 17.4. The molecule has 3 aromatic rings. The Morgan fingerprint density at radius 2 is 1.95 bits per heavy atom. The van der Waals surface area contributed by atoms with Crippen molar-refractivity contribution >= 4 is 34.4 Å². The molecule has 1 N–H and O–H groups in total. The smallest absolute Gasteiger partial charge is 0.0776 e. The van der Waals surface area contributed by atoms with Crippen LogP contribution in [0.25, 0.3) is 10.9 Å². The highest BCUT2D eigenvalue weighted by Gasteiger charge is 2.26. The summed E-state index contributed by atoms with van der Waals surface area (Å²) in [5.41, 5.74) is 4.17. The van der Waals surface area contributed by atoms with Gasteiger partial charge in [-0.25, -0.2) is 0 Å². The summed E-state index contributed by atoms with van der Waals surface area (Å²) >= 11 is 3.97. The van der Waals surface area contributed by atoms with Crippen molar-refractivity contribution in [2.75, 3.05) is 5.75 Å². The molecule has 0 saturated carbocycles. The zero-order valence-corrected chi connectivity index (χ0v) is 13.6. The number of hydrogen-bond acceptors (Lipinski definition) is 2. The summed E-state index contributed by atoms with van der Waals surface area (Å²) < 4.78 is 0. The summed E-state index contributed by atoms with van der Waals surface area (Å²) in [5.74, 6) is 1.20. The summed E-state index contributed by atoms with van der Waals surface area (Å²) in [6.07, 6.45) is 1.23. The van der Waals surface area contributed by atoms with Crippen molar-refractivity contribution in [3.05, 3.63) is 59.7 Å². The number of benzene rings is 2. The van der Waals surface area contributed by atoms with E-state index in [0.717, 1.165) is 0 Å². The van der Waals surface area contributed by atoms with Crippen molar-refractivity contribution in [2.24, 2.45) is 0 Å². The van der Waals surface area contributed by atoms with Gasteiger partial charge in [-0.05, 0) is 31.0 Å². The maximum absolute atomic E-state index is 3.65. The Balaban J connectivity index is 1.80. The zero-order chi connectivity index (χ0) is 14.2. The molecule has 21 heavy (non-hydrogen) atoms. The minimum atomic E-state index is 0.555. The van der Waals surface area contributed by atoms with Crippen LogP contribution in [-0.4, -0.2) is 10.7 Å². The molecule has 0 amide bonds. The third kappa shape index (κ3) is 2.39. The molecule has 0 bridgehead atoms. The molecule has 1 nitrogen and oxygen atoms in total. The first-order chi connectivity index (χ1) is 10.3. The number of aromatic amines is 1. The number of hydrogen-bond donors (Lipinski definition) is 1. The Kier molecular flexibility index (Phi) is 3.48. The van der Waals surface area contributed by atoms with Crippen LogP contribution in [0.15, 0.2) is 58.5 Å². The molecule has 106 valence electrons. The van der Waals surface area contributed by atoms with Gasteiger partial charge in [0.25, 0.3) is 0 Å². The number of fused-ring (bicyclic) bond motifs is 3. The zero-order valence-electron chi connectivity index (χ0n) is 11.9. The van der Waals surface area contributed by atoms with Gasteiger partial charge in [0.1, 0.15) is 0 Å². The van der Waals surface area contributed by atoms with Gasteiger partial charge in [0.05, 0.1) is 5.03 Å². The average molecular weight is 311 g/mol. The third-order valence-corrected chi connectivity index (χ3v) is 6.37. The second kappa shape index (κ2) is 5.47. The first-order valence-electron chi connectivity index (χ1n) is 7.28. The first kappa shape index (κ1) is 13.4. The summed E-state index contributed by atoms with van der Waals surface area (Å²) in [7, 11) is 0. The highest BCUT2D eigenvalue weighted by molar-refractivity contribution is 8.01. The van der Waals surface area contributed by atoms with Crippen LogP contribution in [0.1, 0.15) is 22.8 Å². The molecule has 0 saturated heterocycles.